The van der Waals surface area contributed by atoms with Crippen molar-refractivity contribution < 1.29 is 27.2 Å². The Balaban J connectivity index is 3.20. The molecular weight excluding hydrogens is 310 g/mol. The van der Waals surface area contributed by atoms with E-state index in [4.69, 9.17) is 0 Å². The van der Waals surface area contributed by atoms with Crippen molar-refractivity contribution in [3.8, 4) is 0 Å². The monoisotopic (exact) mass is 324 g/mol. The van der Waals surface area contributed by atoms with Gasteiger partial charge in [-0.15, -0.1) is 0 Å². The number of hydrogen-bond acceptors (Lipinski definition) is 5. The van der Waals surface area contributed by atoms with Gasteiger partial charge in [0.05, 0.1) is 10.5 Å². The standard InChI is InChI=1S/C11H14F2N2O5S/c1-3-11(2,16)6-14-21(19,20)10-5-9(15(17)18)7(12)4-8(10)13/h4-5,14,16H,3,6H2,1-2H3. The van der Waals surface area contributed by atoms with Crippen molar-refractivity contribution in [1.82, 2.24) is 4.72 Å². The first-order valence-electron chi connectivity index (χ1n) is 5.85. The Labute approximate surface area is 119 Å². The summed E-state index contributed by atoms with van der Waals surface area (Å²) in [6.45, 7) is 2.55. The molecule has 1 aromatic carbocycles. The predicted octanol–water partition coefficient (Wildman–Crippen LogP) is 1.31. The smallest absolute Gasteiger partial charge is 0.306 e. The number of aliphatic hydroxyl groups is 1. The minimum absolute atomic E-state index is 0.130. The maximum atomic E-state index is 13.5. The Bertz CT molecular complexity index is 661. The van der Waals surface area contributed by atoms with Gasteiger partial charge in [0.25, 0.3) is 0 Å². The quantitative estimate of drug-likeness (QED) is 0.605. The summed E-state index contributed by atoms with van der Waals surface area (Å²) >= 11 is 0. The van der Waals surface area contributed by atoms with Crippen molar-refractivity contribution in [3.05, 3.63) is 33.9 Å². The molecule has 0 saturated heterocycles. The van der Waals surface area contributed by atoms with Crippen LogP contribution in [-0.2, 0) is 10.0 Å². The summed E-state index contributed by atoms with van der Waals surface area (Å²) in [5.74, 6) is -2.93. The minimum Gasteiger partial charge on any atom is -0.389 e. The Kier molecular flexibility index (Phi) is 4.97. The Morgan fingerprint density at radius 1 is 1.38 bits per heavy atom. The number of sulfonamides is 1. The predicted molar refractivity (Wildman–Crippen MR) is 69.1 cm³/mol. The summed E-state index contributed by atoms with van der Waals surface area (Å²) in [5.41, 5.74) is -2.52. The highest BCUT2D eigenvalue weighted by Gasteiger charge is 2.28. The summed E-state index contributed by atoms with van der Waals surface area (Å²) in [6.07, 6.45) is 0.224. The van der Waals surface area contributed by atoms with Gasteiger partial charge in [-0.25, -0.2) is 17.5 Å². The SMILES string of the molecule is CCC(C)(O)CNS(=O)(=O)c1cc([N+](=O)[O-])c(F)cc1F. The number of nitrogens with zero attached hydrogens (tertiary/aromatic N) is 1. The van der Waals surface area contributed by atoms with E-state index < -0.39 is 49.3 Å². The molecule has 0 aromatic heterocycles. The Morgan fingerprint density at radius 2 is 1.95 bits per heavy atom. The molecule has 0 aliphatic carbocycles. The zero-order valence-electron chi connectivity index (χ0n) is 11.3. The average Bonchev–Trinajstić information content (AvgIpc) is 2.36. The number of benzene rings is 1. The lowest BCUT2D eigenvalue weighted by molar-refractivity contribution is -0.387. The van der Waals surface area contributed by atoms with Gasteiger partial charge in [-0.2, -0.15) is 4.39 Å². The summed E-state index contributed by atoms with van der Waals surface area (Å²) < 4.78 is 52.4. The van der Waals surface area contributed by atoms with Gasteiger partial charge in [0, 0.05) is 18.7 Å². The van der Waals surface area contributed by atoms with Crippen molar-refractivity contribution in [2.75, 3.05) is 6.54 Å². The van der Waals surface area contributed by atoms with Gasteiger partial charge in [0.2, 0.25) is 15.8 Å². The summed E-state index contributed by atoms with van der Waals surface area (Å²) in [6, 6.07) is 0.429. The van der Waals surface area contributed by atoms with Gasteiger partial charge < -0.3 is 5.11 Å². The fourth-order valence-electron chi connectivity index (χ4n) is 1.32. The van der Waals surface area contributed by atoms with Crippen LogP contribution in [0, 0.1) is 21.7 Å². The van der Waals surface area contributed by atoms with E-state index in [9.17, 15) is 32.4 Å². The van der Waals surface area contributed by atoms with Crippen LogP contribution in [0.3, 0.4) is 0 Å². The molecule has 1 unspecified atom stereocenters. The molecule has 2 N–H and O–H groups in total. The molecule has 0 amide bonds. The Hall–Kier alpha value is -1.65. The Morgan fingerprint density at radius 3 is 2.43 bits per heavy atom. The first-order chi connectivity index (χ1) is 9.50. The number of nitro groups is 1. The summed E-state index contributed by atoms with van der Waals surface area (Å²) in [4.78, 5) is 8.35. The molecule has 1 atom stereocenters. The largest absolute Gasteiger partial charge is 0.389 e. The maximum Gasteiger partial charge on any atom is 0.306 e. The third kappa shape index (κ3) is 4.16. The molecule has 1 rings (SSSR count). The van der Waals surface area contributed by atoms with Crippen LogP contribution in [0.15, 0.2) is 17.0 Å². The minimum atomic E-state index is -4.46. The van der Waals surface area contributed by atoms with Crippen molar-refractivity contribution in [2.45, 2.75) is 30.8 Å². The van der Waals surface area contributed by atoms with Crippen molar-refractivity contribution in [3.63, 3.8) is 0 Å². The van der Waals surface area contributed by atoms with Gasteiger partial charge in [0.15, 0.2) is 0 Å². The number of halogens is 2. The normalized spacial score (nSPS) is 14.7. The zero-order chi connectivity index (χ0) is 16.4. The highest BCUT2D eigenvalue weighted by Crippen LogP contribution is 2.24. The van der Waals surface area contributed by atoms with Crippen molar-refractivity contribution in [1.29, 1.82) is 0 Å². The second-order valence-corrected chi connectivity index (χ2v) is 6.40. The van der Waals surface area contributed by atoms with Crippen LogP contribution in [0.4, 0.5) is 14.5 Å². The molecular formula is C11H14F2N2O5S. The van der Waals surface area contributed by atoms with Crippen LogP contribution >= 0.6 is 0 Å². The van der Waals surface area contributed by atoms with E-state index in [1.165, 1.54) is 6.92 Å². The fourth-order valence-corrected chi connectivity index (χ4v) is 2.56. The zero-order valence-corrected chi connectivity index (χ0v) is 12.1. The molecule has 0 radical (unpaired) electrons. The van der Waals surface area contributed by atoms with E-state index in [-0.39, 0.29) is 12.5 Å². The fraction of sp³-hybridized carbons (Fsp3) is 0.455. The van der Waals surface area contributed by atoms with Crippen LogP contribution in [0.5, 0.6) is 0 Å². The number of hydrogen-bond donors (Lipinski definition) is 2. The lowest BCUT2D eigenvalue weighted by atomic mass is 10.1. The van der Waals surface area contributed by atoms with E-state index in [0.29, 0.717) is 6.07 Å². The lowest BCUT2D eigenvalue weighted by Crippen LogP contribution is -2.40. The second-order valence-electron chi connectivity index (χ2n) is 4.67. The van der Waals surface area contributed by atoms with Gasteiger partial charge >= 0.3 is 5.69 Å². The van der Waals surface area contributed by atoms with E-state index in [0.717, 1.165) is 0 Å². The van der Waals surface area contributed by atoms with E-state index in [2.05, 4.69) is 0 Å². The molecule has 10 heteroatoms. The first kappa shape index (κ1) is 17.4. The molecule has 0 bridgehead atoms. The molecule has 0 fully saturated rings. The van der Waals surface area contributed by atoms with Crippen LogP contribution < -0.4 is 4.72 Å². The van der Waals surface area contributed by atoms with Crippen LogP contribution in [0.2, 0.25) is 0 Å². The number of rotatable bonds is 6. The lowest BCUT2D eigenvalue weighted by Gasteiger charge is -2.21. The molecule has 1 aromatic rings. The third-order valence-electron chi connectivity index (χ3n) is 2.89. The first-order valence-corrected chi connectivity index (χ1v) is 7.34. The van der Waals surface area contributed by atoms with Gasteiger partial charge in [0.1, 0.15) is 10.7 Å². The van der Waals surface area contributed by atoms with E-state index >= 15 is 0 Å². The van der Waals surface area contributed by atoms with Crippen molar-refractivity contribution in [2.24, 2.45) is 0 Å². The molecule has 118 valence electrons. The highest BCUT2D eigenvalue weighted by molar-refractivity contribution is 7.89. The topological polar surface area (TPSA) is 110 Å². The van der Waals surface area contributed by atoms with Crippen LogP contribution in [0.1, 0.15) is 20.3 Å². The van der Waals surface area contributed by atoms with Gasteiger partial charge in [-0.3, -0.25) is 10.1 Å². The van der Waals surface area contributed by atoms with Gasteiger partial charge in [-0.1, -0.05) is 6.92 Å². The summed E-state index contributed by atoms with van der Waals surface area (Å²) in [7, 11) is -4.46. The second kappa shape index (κ2) is 6.00. The molecule has 0 heterocycles. The van der Waals surface area contributed by atoms with Crippen molar-refractivity contribution >= 4 is 15.7 Å². The molecule has 7 nitrogen and oxygen atoms in total. The molecule has 0 aliphatic rings. The highest BCUT2D eigenvalue weighted by atomic mass is 32.2. The molecule has 0 aliphatic heterocycles. The van der Waals surface area contributed by atoms with E-state index in [1.54, 1.807) is 6.92 Å². The molecule has 0 saturated carbocycles. The molecule has 21 heavy (non-hydrogen) atoms. The number of nitro benzene ring substituents is 1. The maximum absolute atomic E-state index is 13.5. The van der Waals surface area contributed by atoms with Crippen LogP contribution in [0.25, 0.3) is 0 Å². The van der Waals surface area contributed by atoms with Gasteiger partial charge in [-0.05, 0) is 13.3 Å². The molecule has 0 spiro atoms. The van der Waals surface area contributed by atoms with E-state index in [1.807, 2.05) is 4.72 Å². The summed E-state index contributed by atoms with van der Waals surface area (Å²) in [5, 5.41) is 20.3. The number of nitrogens with one attached hydrogen (secondary N) is 1. The third-order valence-corrected chi connectivity index (χ3v) is 4.31. The average molecular weight is 324 g/mol. The van der Waals surface area contributed by atoms with Crippen LogP contribution in [-0.4, -0.2) is 30.6 Å².